The second-order valence-corrected chi connectivity index (χ2v) is 4.82. The molecule has 0 amide bonds. The first-order valence-electron chi connectivity index (χ1n) is 6.84. The molecule has 0 saturated heterocycles. The molecule has 19 heavy (non-hydrogen) atoms. The molecule has 1 aromatic heterocycles. The Kier molecular flexibility index (Phi) is 5.06. The summed E-state index contributed by atoms with van der Waals surface area (Å²) >= 11 is 0. The van der Waals surface area contributed by atoms with Gasteiger partial charge in [0.05, 0.1) is 5.69 Å². The smallest absolute Gasteiger partial charge is 0.153 e. The van der Waals surface area contributed by atoms with Gasteiger partial charge in [0.1, 0.15) is 5.52 Å². The number of hydrogen-bond acceptors (Lipinski definition) is 2. The van der Waals surface area contributed by atoms with Crippen LogP contribution in [0.4, 0.5) is 4.39 Å². The molecule has 2 rings (SSSR count). The molecule has 2 N–H and O–H groups in total. The Balaban J connectivity index is 0.000000861. The molecule has 106 valence electrons. The molecule has 4 heteroatoms. The van der Waals surface area contributed by atoms with Crippen molar-refractivity contribution in [2.24, 2.45) is 12.8 Å². The number of aryl methyl sites for hydroxylation is 1. The average molecular weight is 265 g/mol. The van der Waals surface area contributed by atoms with E-state index in [9.17, 15) is 4.39 Å². The number of rotatable bonds is 2. The maximum absolute atomic E-state index is 14.3. The van der Waals surface area contributed by atoms with Gasteiger partial charge < -0.3 is 5.73 Å². The van der Waals surface area contributed by atoms with Crippen molar-refractivity contribution >= 4 is 10.9 Å². The standard InChI is InChI=1S/C13H18FN3.C2H6/c1-7(2)12-10-6-5-9(8(3)15)11(14)13(10)17(4)16-12;1-2/h5-8H,15H2,1-4H3;1-2H3. The number of hydrogen-bond donors (Lipinski definition) is 1. The molecule has 0 aliphatic rings. The summed E-state index contributed by atoms with van der Waals surface area (Å²) in [6.45, 7) is 9.89. The van der Waals surface area contributed by atoms with Crippen LogP contribution in [-0.4, -0.2) is 9.78 Å². The molecule has 0 fully saturated rings. The molecular weight excluding hydrogens is 241 g/mol. The fourth-order valence-corrected chi connectivity index (χ4v) is 2.15. The molecule has 1 aromatic carbocycles. The first-order valence-corrected chi connectivity index (χ1v) is 6.84. The second kappa shape index (κ2) is 6.15. The highest BCUT2D eigenvalue weighted by Crippen LogP contribution is 2.29. The quantitative estimate of drug-likeness (QED) is 0.895. The van der Waals surface area contributed by atoms with Gasteiger partial charge in [-0.3, -0.25) is 4.68 Å². The van der Waals surface area contributed by atoms with Gasteiger partial charge in [0.25, 0.3) is 0 Å². The van der Waals surface area contributed by atoms with Crippen molar-refractivity contribution in [3.05, 3.63) is 29.2 Å². The van der Waals surface area contributed by atoms with Crippen molar-refractivity contribution in [1.29, 1.82) is 0 Å². The van der Waals surface area contributed by atoms with Gasteiger partial charge >= 0.3 is 0 Å². The monoisotopic (exact) mass is 265 g/mol. The summed E-state index contributed by atoms with van der Waals surface area (Å²) in [6, 6.07) is 3.37. The van der Waals surface area contributed by atoms with Crippen LogP contribution < -0.4 is 5.73 Å². The largest absolute Gasteiger partial charge is 0.324 e. The molecule has 0 spiro atoms. The summed E-state index contributed by atoms with van der Waals surface area (Å²) in [5, 5.41) is 5.27. The van der Waals surface area contributed by atoms with Crippen molar-refractivity contribution in [1.82, 2.24) is 9.78 Å². The van der Waals surface area contributed by atoms with Crippen LogP contribution in [0.5, 0.6) is 0 Å². The minimum Gasteiger partial charge on any atom is -0.324 e. The van der Waals surface area contributed by atoms with E-state index in [0.29, 0.717) is 11.1 Å². The van der Waals surface area contributed by atoms with Gasteiger partial charge in [0.15, 0.2) is 5.82 Å². The van der Waals surface area contributed by atoms with Crippen molar-refractivity contribution in [3.63, 3.8) is 0 Å². The van der Waals surface area contributed by atoms with E-state index in [0.717, 1.165) is 11.1 Å². The van der Waals surface area contributed by atoms with Crippen molar-refractivity contribution in [3.8, 4) is 0 Å². The van der Waals surface area contributed by atoms with E-state index < -0.39 is 0 Å². The van der Waals surface area contributed by atoms with Crippen molar-refractivity contribution in [2.45, 2.75) is 46.6 Å². The highest BCUT2D eigenvalue weighted by molar-refractivity contribution is 5.84. The zero-order valence-electron chi connectivity index (χ0n) is 12.7. The molecule has 1 unspecified atom stereocenters. The van der Waals surface area contributed by atoms with E-state index in [1.807, 2.05) is 19.9 Å². The number of aromatic nitrogens is 2. The van der Waals surface area contributed by atoms with Crippen LogP contribution in [0.3, 0.4) is 0 Å². The summed E-state index contributed by atoms with van der Waals surface area (Å²) in [7, 11) is 1.77. The van der Waals surface area contributed by atoms with Gasteiger partial charge in [-0.05, 0) is 12.8 Å². The zero-order chi connectivity index (χ0) is 14.7. The second-order valence-electron chi connectivity index (χ2n) is 4.82. The molecular formula is C15H24FN3. The first kappa shape index (κ1) is 15.6. The Morgan fingerprint density at radius 1 is 1.21 bits per heavy atom. The van der Waals surface area contributed by atoms with E-state index in [1.165, 1.54) is 0 Å². The summed E-state index contributed by atoms with van der Waals surface area (Å²) in [5.74, 6) is 0.0265. The minimum atomic E-state index is -0.309. The van der Waals surface area contributed by atoms with E-state index in [4.69, 9.17) is 5.73 Å². The lowest BCUT2D eigenvalue weighted by molar-refractivity contribution is 0.593. The van der Waals surface area contributed by atoms with Crippen LogP contribution in [-0.2, 0) is 7.05 Å². The number of benzene rings is 1. The van der Waals surface area contributed by atoms with Gasteiger partial charge in [0, 0.05) is 24.0 Å². The zero-order valence-corrected chi connectivity index (χ0v) is 12.7. The van der Waals surface area contributed by atoms with E-state index in [2.05, 4.69) is 18.9 Å². The Labute approximate surface area is 114 Å². The maximum atomic E-state index is 14.3. The third-order valence-corrected chi connectivity index (χ3v) is 3.04. The Hall–Kier alpha value is -1.42. The van der Waals surface area contributed by atoms with Crippen molar-refractivity contribution < 1.29 is 4.39 Å². The summed E-state index contributed by atoms with van der Waals surface area (Å²) in [5.41, 5.74) is 7.76. The van der Waals surface area contributed by atoms with Gasteiger partial charge in [0.2, 0.25) is 0 Å². The fourth-order valence-electron chi connectivity index (χ4n) is 2.15. The lowest BCUT2D eigenvalue weighted by atomic mass is 10.0. The SMILES string of the molecule is CC.CC(C)c1nn(C)c2c(F)c(C(C)N)ccc12. The molecule has 3 nitrogen and oxygen atoms in total. The topological polar surface area (TPSA) is 43.8 Å². The lowest BCUT2D eigenvalue weighted by Crippen LogP contribution is -2.08. The molecule has 2 aromatic rings. The Bertz CT molecular complexity index is 556. The maximum Gasteiger partial charge on any atom is 0.153 e. The number of nitrogens with zero attached hydrogens (tertiary/aromatic N) is 2. The van der Waals surface area contributed by atoms with Gasteiger partial charge in [-0.1, -0.05) is 39.8 Å². The average Bonchev–Trinajstić information content (AvgIpc) is 2.70. The minimum absolute atomic E-state index is 0.251. The van der Waals surface area contributed by atoms with Gasteiger partial charge in [-0.15, -0.1) is 0 Å². The van der Waals surface area contributed by atoms with Crippen molar-refractivity contribution in [2.75, 3.05) is 0 Å². The molecule has 1 heterocycles. The lowest BCUT2D eigenvalue weighted by Gasteiger charge is -2.08. The molecule has 1 atom stereocenters. The molecule has 0 aliphatic heterocycles. The normalized spacial score (nSPS) is 12.5. The Morgan fingerprint density at radius 3 is 2.26 bits per heavy atom. The van der Waals surface area contributed by atoms with Crippen LogP contribution in [0.1, 0.15) is 57.8 Å². The van der Waals surface area contributed by atoms with Gasteiger partial charge in [-0.2, -0.15) is 5.10 Å². The number of halogens is 1. The predicted molar refractivity (Wildman–Crippen MR) is 78.7 cm³/mol. The summed E-state index contributed by atoms with van der Waals surface area (Å²) < 4.78 is 15.9. The Morgan fingerprint density at radius 2 is 1.79 bits per heavy atom. The van der Waals surface area contributed by atoms with Crippen LogP contribution >= 0.6 is 0 Å². The van der Waals surface area contributed by atoms with Crippen LogP contribution in [0.25, 0.3) is 10.9 Å². The fraction of sp³-hybridized carbons (Fsp3) is 0.533. The molecule has 0 saturated carbocycles. The summed E-state index contributed by atoms with van der Waals surface area (Å²) in [4.78, 5) is 0. The third kappa shape index (κ3) is 2.78. The third-order valence-electron chi connectivity index (χ3n) is 3.04. The van der Waals surface area contributed by atoms with Crippen LogP contribution in [0.2, 0.25) is 0 Å². The number of fused-ring (bicyclic) bond motifs is 1. The highest BCUT2D eigenvalue weighted by atomic mass is 19.1. The van der Waals surface area contributed by atoms with E-state index >= 15 is 0 Å². The predicted octanol–water partition coefficient (Wildman–Crippen LogP) is 3.88. The van der Waals surface area contributed by atoms with Gasteiger partial charge in [-0.25, -0.2) is 4.39 Å². The molecule has 0 bridgehead atoms. The highest BCUT2D eigenvalue weighted by Gasteiger charge is 2.18. The van der Waals surface area contributed by atoms with E-state index in [-0.39, 0.29) is 17.8 Å². The van der Waals surface area contributed by atoms with Crippen LogP contribution in [0, 0.1) is 5.82 Å². The van der Waals surface area contributed by atoms with Crippen LogP contribution in [0.15, 0.2) is 12.1 Å². The number of nitrogens with two attached hydrogens (primary N) is 1. The summed E-state index contributed by atoms with van der Waals surface area (Å²) in [6.07, 6.45) is 0. The molecule has 0 radical (unpaired) electrons. The first-order chi connectivity index (χ1) is 8.93. The van der Waals surface area contributed by atoms with E-state index in [1.54, 1.807) is 24.7 Å². The molecule has 0 aliphatic carbocycles.